The summed E-state index contributed by atoms with van der Waals surface area (Å²) in [5.74, 6) is 0.396. The minimum atomic E-state index is -0.361. The number of pyridine rings is 1. The van der Waals surface area contributed by atoms with E-state index < -0.39 is 0 Å². The van der Waals surface area contributed by atoms with E-state index in [9.17, 15) is 9.59 Å². The van der Waals surface area contributed by atoms with Crippen LogP contribution in [0.1, 0.15) is 47.4 Å². The molecule has 3 aromatic rings. The number of rotatable bonds is 4. The molecule has 0 unspecified atom stereocenters. The van der Waals surface area contributed by atoms with E-state index in [0.29, 0.717) is 5.39 Å². The van der Waals surface area contributed by atoms with Crippen LogP contribution in [0.25, 0.3) is 10.9 Å². The van der Waals surface area contributed by atoms with Gasteiger partial charge in [0.1, 0.15) is 11.3 Å². The first kappa shape index (κ1) is 18.7. The monoisotopic (exact) mass is 440 g/mol. The number of benzene rings is 2. The molecule has 1 aromatic heterocycles. The second kappa shape index (κ2) is 7.09. The Morgan fingerprint density at radius 3 is 2.68 bits per heavy atom. The van der Waals surface area contributed by atoms with E-state index in [1.165, 1.54) is 0 Å². The lowest BCUT2D eigenvalue weighted by molar-refractivity contribution is 0.0938. The zero-order valence-electron chi connectivity index (χ0n) is 16.0. The molecular formula is C22H21BrN2O3. The highest BCUT2D eigenvalue weighted by Crippen LogP contribution is 2.33. The number of halogens is 1. The Hall–Kier alpha value is -2.60. The molecule has 6 heteroatoms. The van der Waals surface area contributed by atoms with Gasteiger partial charge in [0.05, 0.1) is 18.7 Å². The van der Waals surface area contributed by atoms with Crippen LogP contribution >= 0.6 is 15.9 Å². The van der Waals surface area contributed by atoms with Crippen molar-refractivity contribution in [2.75, 3.05) is 7.11 Å². The third-order valence-electron chi connectivity index (χ3n) is 5.37. The maximum absolute atomic E-state index is 13.1. The first-order valence-corrected chi connectivity index (χ1v) is 10.0. The Morgan fingerprint density at radius 1 is 1.29 bits per heavy atom. The molecule has 0 saturated carbocycles. The van der Waals surface area contributed by atoms with Crippen molar-refractivity contribution in [2.45, 2.75) is 32.4 Å². The van der Waals surface area contributed by atoms with Crippen LogP contribution in [0.3, 0.4) is 0 Å². The summed E-state index contributed by atoms with van der Waals surface area (Å²) in [7, 11) is 1.61. The molecule has 5 nitrogen and oxygen atoms in total. The molecule has 0 bridgehead atoms. The lowest BCUT2D eigenvalue weighted by atomic mass is 10.1. The molecule has 1 N–H and O–H groups in total. The predicted molar refractivity (Wildman–Crippen MR) is 113 cm³/mol. The zero-order valence-corrected chi connectivity index (χ0v) is 17.5. The maximum atomic E-state index is 13.1. The Labute approximate surface area is 171 Å². The molecule has 2 atom stereocenters. The Balaban J connectivity index is 1.70. The largest absolute Gasteiger partial charge is 0.497 e. The number of nitrogens with one attached hydrogen (secondary N) is 1. The van der Waals surface area contributed by atoms with Crippen LogP contribution in [-0.4, -0.2) is 17.6 Å². The SMILES string of the molecule is COc1ccc([C@H](C)NC(=O)c2cn3c4c(cc(Br)cc4c2=O)C[C@@H]3C)cc1. The molecule has 28 heavy (non-hydrogen) atoms. The number of hydrogen-bond acceptors (Lipinski definition) is 3. The highest BCUT2D eigenvalue weighted by atomic mass is 79.9. The number of methoxy groups -OCH3 is 1. The lowest BCUT2D eigenvalue weighted by Gasteiger charge is -2.16. The summed E-state index contributed by atoms with van der Waals surface area (Å²) in [6.45, 7) is 3.99. The predicted octanol–water partition coefficient (Wildman–Crippen LogP) is 4.38. The third-order valence-corrected chi connectivity index (χ3v) is 5.83. The van der Waals surface area contributed by atoms with Gasteiger partial charge in [-0.25, -0.2) is 0 Å². The standard InChI is InChI=1S/C22H21BrN2O3/c1-12-8-15-9-16(23)10-18-20(15)25(12)11-19(21(18)26)22(27)24-13(2)14-4-6-17(28-3)7-5-14/h4-7,9-13H,8H2,1-3H3,(H,24,27)/t12-,13-/m0/s1. The fourth-order valence-corrected chi connectivity index (χ4v) is 4.38. The zero-order chi connectivity index (χ0) is 20.0. The van der Waals surface area contributed by atoms with Crippen molar-refractivity contribution in [1.29, 1.82) is 0 Å². The quantitative estimate of drug-likeness (QED) is 0.654. The molecule has 0 spiro atoms. The average Bonchev–Trinajstić information content (AvgIpc) is 2.99. The summed E-state index contributed by atoms with van der Waals surface area (Å²) in [5.41, 5.74) is 2.94. The van der Waals surface area contributed by atoms with Crippen molar-refractivity contribution in [1.82, 2.24) is 9.88 Å². The van der Waals surface area contributed by atoms with Gasteiger partial charge in [-0.15, -0.1) is 0 Å². The van der Waals surface area contributed by atoms with Gasteiger partial charge in [-0.3, -0.25) is 9.59 Å². The molecule has 4 rings (SSSR count). The first-order chi connectivity index (χ1) is 13.4. The van der Waals surface area contributed by atoms with Crippen LogP contribution in [0.4, 0.5) is 0 Å². The number of carbonyl (C=O) groups excluding carboxylic acids is 1. The van der Waals surface area contributed by atoms with Crippen LogP contribution in [0.2, 0.25) is 0 Å². The fourth-order valence-electron chi connectivity index (χ4n) is 3.87. The van der Waals surface area contributed by atoms with Crippen molar-refractivity contribution >= 4 is 32.7 Å². The third kappa shape index (κ3) is 3.11. The van der Waals surface area contributed by atoms with Crippen molar-refractivity contribution in [3.63, 3.8) is 0 Å². The van der Waals surface area contributed by atoms with Gasteiger partial charge in [0.2, 0.25) is 5.43 Å². The summed E-state index contributed by atoms with van der Waals surface area (Å²) < 4.78 is 8.08. The molecular weight excluding hydrogens is 420 g/mol. The highest BCUT2D eigenvalue weighted by molar-refractivity contribution is 9.10. The number of carbonyl (C=O) groups is 1. The maximum Gasteiger partial charge on any atom is 0.257 e. The van der Waals surface area contributed by atoms with Crippen LogP contribution in [0.15, 0.2) is 51.9 Å². The van der Waals surface area contributed by atoms with Gasteiger partial charge in [-0.05, 0) is 55.7 Å². The number of amides is 1. The van der Waals surface area contributed by atoms with E-state index in [1.807, 2.05) is 41.8 Å². The van der Waals surface area contributed by atoms with Crippen molar-refractivity contribution < 1.29 is 9.53 Å². The van der Waals surface area contributed by atoms with Gasteiger partial charge >= 0.3 is 0 Å². The molecule has 0 saturated heterocycles. The fraction of sp³-hybridized carbons (Fsp3) is 0.273. The Bertz CT molecular complexity index is 1140. The first-order valence-electron chi connectivity index (χ1n) is 9.21. The Morgan fingerprint density at radius 2 is 2.00 bits per heavy atom. The molecule has 144 valence electrons. The molecule has 1 amide bonds. The van der Waals surface area contributed by atoms with Gasteiger partial charge in [0, 0.05) is 22.1 Å². The van der Waals surface area contributed by atoms with E-state index in [2.05, 4.69) is 28.2 Å². The second-order valence-electron chi connectivity index (χ2n) is 7.26. The highest BCUT2D eigenvalue weighted by Gasteiger charge is 2.25. The Kier molecular flexibility index (Phi) is 4.75. The molecule has 0 radical (unpaired) electrons. The number of ether oxygens (including phenoxy) is 1. The second-order valence-corrected chi connectivity index (χ2v) is 8.18. The minimum absolute atomic E-state index is 0.172. The average molecular weight is 441 g/mol. The topological polar surface area (TPSA) is 60.3 Å². The van der Waals surface area contributed by atoms with Gasteiger partial charge in [-0.2, -0.15) is 0 Å². The summed E-state index contributed by atoms with van der Waals surface area (Å²) in [5, 5.41) is 3.53. The minimum Gasteiger partial charge on any atom is -0.497 e. The van der Waals surface area contributed by atoms with Crippen molar-refractivity contribution in [2.24, 2.45) is 0 Å². The van der Waals surface area contributed by atoms with E-state index in [1.54, 1.807) is 19.4 Å². The number of hydrogen-bond donors (Lipinski definition) is 1. The van der Waals surface area contributed by atoms with E-state index in [-0.39, 0.29) is 29.0 Å². The normalized spacial score (nSPS) is 16.2. The van der Waals surface area contributed by atoms with Crippen molar-refractivity contribution in [3.05, 3.63) is 74.0 Å². The van der Waals surface area contributed by atoms with Gasteiger partial charge in [0.15, 0.2) is 0 Å². The summed E-state index contributed by atoms with van der Waals surface area (Å²) in [4.78, 5) is 26.0. The summed E-state index contributed by atoms with van der Waals surface area (Å²) in [6, 6.07) is 11.3. The van der Waals surface area contributed by atoms with Gasteiger partial charge in [-0.1, -0.05) is 28.1 Å². The van der Waals surface area contributed by atoms with Crippen LogP contribution in [0.5, 0.6) is 5.75 Å². The summed E-state index contributed by atoms with van der Waals surface area (Å²) in [6.07, 6.45) is 2.55. The number of nitrogens with zero attached hydrogens (tertiary/aromatic N) is 1. The number of aromatic nitrogens is 1. The molecule has 2 heterocycles. The van der Waals surface area contributed by atoms with Gasteiger partial charge < -0.3 is 14.6 Å². The van der Waals surface area contributed by atoms with Crippen LogP contribution in [-0.2, 0) is 6.42 Å². The van der Waals surface area contributed by atoms with E-state index in [0.717, 1.165) is 33.3 Å². The van der Waals surface area contributed by atoms with Gasteiger partial charge in [0.25, 0.3) is 5.91 Å². The van der Waals surface area contributed by atoms with Crippen molar-refractivity contribution in [3.8, 4) is 5.75 Å². The molecule has 2 aromatic carbocycles. The summed E-state index contributed by atoms with van der Waals surface area (Å²) >= 11 is 3.49. The smallest absolute Gasteiger partial charge is 0.257 e. The molecule has 0 fully saturated rings. The molecule has 1 aliphatic rings. The molecule has 1 aliphatic heterocycles. The van der Waals surface area contributed by atoms with Crippen LogP contribution < -0.4 is 15.5 Å². The lowest BCUT2D eigenvalue weighted by Crippen LogP contribution is -2.31. The molecule has 0 aliphatic carbocycles. The van der Waals surface area contributed by atoms with Crippen LogP contribution in [0, 0.1) is 0 Å². The van der Waals surface area contributed by atoms with E-state index >= 15 is 0 Å². The van der Waals surface area contributed by atoms with E-state index in [4.69, 9.17) is 4.74 Å².